The minimum absolute atomic E-state index is 0.0495. The zero-order valence-corrected chi connectivity index (χ0v) is 20.6. The number of alkyl carbamates (subject to hydrolysis) is 1. The van der Waals surface area contributed by atoms with Gasteiger partial charge in [0.1, 0.15) is 29.8 Å². The Hall–Kier alpha value is -3.73. The highest BCUT2D eigenvalue weighted by Gasteiger charge is 2.35. The number of benzene rings is 2. The van der Waals surface area contributed by atoms with Crippen LogP contribution in [0.2, 0.25) is 5.02 Å². The van der Waals surface area contributed by atoms with E-state index < -0.39 is 41.6 Å². The number of ether oxygens (including phenoxy) is 2. The lowest BCUT2D eigenvalue weighted by atomic mass is 9.95. The Bertz CT molecular complexity index is 1390. The SMILES string of the molecule is C[C@H]1c2nn(C)c(-c3cc(F)cc(F)c3)c2CCN1C(=O)c1cc(F)cc(OCC2CNC(=O)O2)c1Cl. The van der Waals surface area contributed by atoms with Crippen LogP contribution in [0.15, 0.2) is 30.3 Å². The first-order valence-corrected chi connectivity index (χ1v) is 11.9. The Morgan fingerprint density at radius 3 is 2.57 bits per heavy atom. The maximum atomic E-state index is 14.5. The Kier molecular flexibility index (Phi) is 6.49. The number of carbonyl (C=O) groups is 2. The van der Waals surface area contributed by atoms with Gasteiger partial charge in [-0.25, -0.2) is 18.0 Å². The van der Waals surface area contributed by atoms with Gasteiger partial charge in [0.15, 0.2) is 6.10 Å². The molecule has 2 amide bonds. The Balaban J connectivity index is 1.41. The Morgan fingerprint density at radius 1 is 1.19 bits per heavy atom. The van der Waals surface area contributed by atoms with E-state index in [1.807, 2.05) is 0 Å². The predicted molar refractivity (Wildman–Crippen MR) is 127 cm³/mol. The topological polar surface area (TPSA) is 85.7 Å². The third-order valence-corrected chi connectivity index (χ3v) is 6.84. The molecular formula is C25H22ClF3N4O4. The lowest BCUT2D eigenvalue weighted by Crippen LogP contribution is -2.39. The van der Waals surface area contributed by atoms with E-state index in [0.29, 0.717) is 23.4 Å². The molecule has 1 aromatic heterocycles. The molecule has 37 heavy (non-hydrogen) atoms. The Labute approximate surface area is 214 Å². The molecule has 1 fully saturated rings. The number of cyclic esters (lactones) is 1. The van der Waals surface area contributed by atoms with E-state index >= 15 is 0 Å². The summed E-state index contributed by atoms with van der Waals surface area (Å²) in [6.45, 7) is 2.18. The van der Waals surface area contributed by atoms with Crippen molar-refractivity contribution in [3.8, 4) is 17.0 Å². The van der Waals surface area contributed by atoms with Gasteiger partial charge in [0.05, 0.1) is 34.6 Å². The molecule has 0 radical (unpaired) electrons. The fourth-order valence-electron chi connectivity index (χ4n) is 4.76. The number of rotatable bonds is 5. The lowest BCUT2D eigenvalue weighted by molar-refractivity contribution is 0.0672. The minimum atomic E-state index is -0.720. The molecule has 0 spiro atoms. The van der Waals surface area contributed by atoms with Crippen LogP contribution in [-0.4, -0.2) is 52.5 Å². The summed E-state index contributed by atoms with van der Waals surface area (Å²) in [5.74, 6) is -2.70. The van der Waals surface area contributed by atoms with E-state index in [4.69, 9.17) is 21.1 Å². The summed E-state index contributed by atoms with van der Waals surface area (Å²) in [5.41, 5.74) is 2.17. The van der Waals surface area contributed by atoms with Crippen molar-refractivity contribution in [2.75, 3.05) is 19.7 Å². The quantitative estimate of drug-likeness (QED) is 0.524. The molecule has 1 N–H and O–H groups in total. The van der Waals surface area contributed by atoms with Crippen molar-refractivity contribution >= 4 is 23.6 Å². The first kappa shape index (κ1) is 24.9. The van der Waals surface area contributed by atoms with Crippen molar-refractivity contribution in [2.24, 2.45) is 7.05 Å². The number of nitrogens with zero attached hydrogens (tertiary/aromatic N) is 3. The van der Waals surface area contributed by atoms with E-state index in [-0.39, 0.29) is 36.0 Å². The normalized spacial score (nSPS) is 18.9. The van der Waals surface area contributed by atoms with E-state index in [1.54, 1.807) is 14.0 Å². The van der Waals surface area contributed by atoms with E-state index in [2.05, 4.69) is 10.4 Å². The number of hydrogen-bond donors (Lipinski definition) is 1. The molecule has 5 rings (SSSR count). The van der Waals surface area contributed by atoms with Gasteiger partial charge in [-0.15, -0.1) is 0 Å². The fraction of sp³-hybridized carbons (Fsp3) is 0.320. The highest BCUT2D eigenvalue weighted by molar-refractivity contribution is 6.35. The minimum Gasteiger partial charge on any atom is -0.488 e. The number of hydrogen-bond acceptors (Lipinski definition) is 5. The number of amides is 2. The van der Waals surface area contributed by atoms with Crippen LogP contribution in [0.25, 0.3) is 11.3 Å². The number of carbonyl (C=O) groups excluding carboxylic acids is 2. The molecular weight excluding hydrogens is 513 g/mol. The lowest BCUT2D eigenvalue weighted by Gasteiger charge is -2.33. The van der Waals surface area contributed by atoms with Gasteiger partial charge in [0, 0.05) is 36.9 Å². The van der Waals surface area contributed by atoms with Gasteiger partial charge in [-0.3, -0.25) is 9.48 Å². The third kappa shape index (κ3) is 4.71. The van der Waals surface area contributed by atoms with Crippen LogP contribution in [0.4, 0.5) is 18.0 Å². The molecule has 0 saturated carbocycles. The molecule has 12 heteroatoms. The molecule has 2 atom stereocenters. The maximum absolute atomic E-state index is 14.5. The number of fused-ring (bicyclic) bond motifs is 1. The number of halogens is 4. The van der Waals surface area contributed by atoms with Gasteiger partial charge >= 0.3 is 6.09 Å². The molecule has 0 aliphatic carbocycles. The van der Waals surface area contributed by atoms with Crippen molar-refractivity contribution < 1.29 is 32.2 Å². The van der Waals surface area contributed by atoms with Crippen LogP contribution in [0.1, 0.15) is 34.6 Å². The number of aromatic nitrogens is 2. The summed E-state index contributed by atoms with van der Waals surface area (Å²) in [5, 5.41) is 6.94. The van der Waals surface area contributed by atoms with Crippen LogP contribution in [0, 0.1) is 17.5 Å². The van der Waals surface area contributed by atoms with Gasteiger partial charge in [0.2, 0.25) is 0 Å². The van der Waals surface area contributed by atoms with Crippen LogP contribution in [0.3, 0.4) is 0 Å². The van der Waals surface area contributed by atoms with Crippen molar-refractivity contribution in [3.63, 3.8) is 0 Å². The standard InChI is InChI=1S/C25H22ClF3N4O4/c1-12-22-18(23(32(2)31-22)13-5-14(27)7-15(28)6-13)3-4-33(12)24(34)19-8-16(29)9-20(21(19)26)36-11-17-10-30-25(35)37-17/h5-9,12,17H,3-4,10-11H2,1-2H3,(H,30,35)/t12-,17?/m0/s1. The second-order valence-electron chi connectivity index (χ2n) is 8.90. The summed E-state index contributed by atoms with van der Waals surface area (Å²) in [6, 6.07) is 4.84. The molecule has 3 aromatic rings. The Morgan fingerprint density at radius 2 is 1.89 bits per heavy atom. The summed E-state index contributed by atoms with van der Waals surface area (Å²) >= 11 is 6.44. The van der Waals surface area contributed by atoms with Crippen LogP contribution >= 0.6 is 11.6 Å². The highest BCUT2D eigenvalue weighted by Crippen LogP contribution is 2.38. The largest absolute Gasteiger partial charge is 0.488 e. The molecule has 8 nitrogen and oxygen atoms in total. The average molecular weight is 535 g/mol. The highest BCUT2D eigenvalue weighted by atomic mass is 35.5. The van der Waals surface area contributed by atoms with Gasteiger partial charge in [-0.05, 0) is 31.5 Å². The maximum Gasteiger partial charge on any atom is 0.407 e. The average Bonchev–Trinajstić information content (AvgIpc) is 3.41. The van der Waals surface area contributed by atoms with Gasteiger partial charge in [-0.2, -0.15) is 5.10 Å². The monoisotopic (exact) mass is 534 g/mol. The molecule has 2 aromatic carbocycles. The number of nitrogens with one attached hydrogen (secondary N) is 1. The third-order valence-electron chi connectivity index (χ3n) is 6.45. The first-order valence-electron chi connectivity index (χ1n) is 11.5. The van der Waals surface area contributed by atoms with E-state index in [0.717, 1.165) is 23.8 Å². The number of aryl methyl sites for hydroxylation is 1. The zero-order valence-electron chi connectivity index (χ0n) is 19.9. The second-order valence-corrected chi connectivity index (χ2v) is 9.28. The zero-order chi connectivity index (χ0) is 26.4. The van der Waals surface area contributed by atoms with Gasteiger partial charge in [0.25, 0.3) is 5.91 Å². The summed E-state index contributed by atoms with van der Waals surface area (Å²) in [7, 11) is 1.67. The molecule has 1 saturated heterocycles. The van der Waals surface area contributed by atoms with Gasteiger partial charge < -0.3 is 19.7 Å². The fourth-order valence-corrected chi connectivity index (χ4v) is 5.00. The predicted octanol–water partition coefficient (Wildman–Crippen LogP) is 4.40. The smallest absolute Gasteiger partial charge is 0.407 e. The molecule has 194 valence electrons. The van der Waals surface area contributed by atoms with Crippen LogP contribution in [-0.2, 0) is 18.2 Å². The van der Waals surface area contributed by atoms with Crippen LogP contribution in [0.5, 0.6) is 5.75 Å². The summed E-state index contributed by atoms with van der Waals surface area (Å²) in [4.78, 5) is 26.2. The molecule has 3 heterocycles. The molecule has 1 unspecified atom stereocenters. The molecule has 2 aliphatic rings. The van der Waals surface area contributed by atoms with Crippen LogP contribution < -0.4 is 10.1 Å². The van der Waals surface area contributed by atoms with Gasteiger partial charge in [-0.1, -0.05) is 11.6 Å². The van der Waals surface area contributed by atoms with Crippen molar-refractivity contribution in [2.45, 2.75) is 25.5 Å². The van der Waals surface area contributed by atoms with E-state index in [9.17, 15) is 22.8 Å². The van der Waals surface area contributed by atoms with Crippen molar-refractivity contribution in [3.05, 3.63) is 69.6 Å². The van der Waals surface area contributed by atoms with E-state index in [1.165, 1.54) is 21.7 Å². The summed E-state index contributed by atoms with van der Waals surface area (Å²) in [6.07, 6.45) is -0.784. The first-order chi connectivity index (χ1) is 17.6. The second kappa shape index (κ2) is 9.62. The van der Waals surface area contributed by atoms with Crippen molar-refractivity contribution in [1.82, 2.24) is 20.0 Å². The van der Waals surface area contributed by atoms with Crippen molar-refractivity contribution in [1.29, 1.82) is 0 Å². The molecule has 0 bridgehead atoms. The molecule has 2 aliphatic heterocycles. The summed E-state index contributed by atoms with van der Waals surface area (Å²) < 4.78 is 54.3.